The molecular weight excluding hydrogens is 723 g/mol. The van der Waals surface area contributed by atoms with E-state index in [0.717, 1.165) is 25.7 Å². The van der Waals surface area contributed by atoms with Crippen LogP contribution in [-0.4, -0.2) is 34.9 Å². The van der Waals surface area contributed by atoms with Crippen LogP contribution < -0.4 is 5.32 Å². The summed E-state index contributed by atoms with van der Waals surface area (Å²) in [5.41, 5.74) is 0. The lowest BCUT2D eigenvalue weighted by Gasteiger charge is -2.22. The molecule has 352 valence electrons. The fourth-order valence-corrected chi connectivity index (χ4v) is 8.83. The second-order valence-electron chi connectivity index (χ2n) is 19.0. The zero-order valence-corrected chi connectivity index (χ0v) is 40.6. The van der Waals surface area contributed by atoms with Crippen LogP contribution in [0.2, 0.25) is 0 Å². The Morgan fingerprint density at radius 3 is 0.932 bits per heavy atom. The predicted molar refractivity (Wildman–Crippen MR) is 263 cm³/mol. The van der Waals surface area contributed by atoms with E-state index < -0.39 is 12.1 Å². The van der Waals surface area contributed by atoms with Gasteiger partial charge in [-0.25, -0.2) is 0 Å². The molecule has 59 heavy (non-hydrogen) atoms. The first kappa shape index (κ1) is 58.1. The standard InChI is InChI=1S/C55H109NO3/c1-3-5-7-9-11-13-15-17-19-21-22-23-24-25-26-27-28-29-30-31-32-33-34-35-36-38-40-42-44-46-48-50-54(58)53(52-57)56-55(59)51-49-47-45-43-41-39-37-20-18-16-14-12-10-8-6-4-2/h20,37,53-54,57-58H,3-19,21-36,38-52H2,1-2H3,(H,56,59)/b37-20-. The van der Waals surface area contributed by atoms with Crippen LogP contribution in [0.3, 0.4) is 0 Å². The molecule has 0 aromatic heterocycles. The van der Waals surface area contributed by atoms with E-state index in [4.69, 9.17) is 0 Å². The molecular formula is C55H109NO3. The number of hydrogen-bond acceptors (Lipinski definition) is 3. The highest BCUT2D eigenvalue weighted by Crippen LogP contribution is 2.18. The first-order valence-electron chi connectivity index (χ1n) is 27.4. The molecule has 0 spiro atoms. The Bertz CT molecular complexity index is 814. The van der Waals surface area contributed by atoms with Crippen molar-refractivity contribution in [1.29, 1.82) is 0 Å². The second-order valence-corrected chi connectivity index (χ2v) is 19.0. The molecule has 0 bridgehead atoms. The van der Waals surface area contributed by atoms with Crippen molar-refractivity contribution in [1.82, 2.24) is 5.32 Å². The minimum absolute atomic E-state index is 0.0349. The first-order chi connectivity index (χ1) is 29.2. The van der Waals surface area contributed by atoms with Crippen molar-refractivity contribution in [3.63, 3.8) is 0 Å². The average molecular weight is 832 g/mol. The van der Waals surface area contributed by atoms with E-state index in [0.29, 0.717) is 12.8 Å². The number of carbonyl (C=O) groups excluding carboxylic acids is 1. The van der Waals surface area contributed by atoms with Gasteiger partial charge in [-0.2, -0.15) is 0 Å². The monoisotopic (exact) mass is 832 g/mol. The van der Waals surface area contributed by atoms with Gasteiger partial charge in [0.15, 0.2) is 0 Å². The zero-order valence-electron chi connectivity index (χ0n) is 40.6. The van der Waals surface area contributed by atoms with E-state index in [1.54, 1.807) is 0 Å². The Hall–Kier alpha value is -0.870. The molecule has 0 rings (SSSR count). The number of amides is 1. The molecule has 2 atom stereocenters. The zero-order chi connectivity index (χ0) is 42.8. The predicted octanol–water partition coefficient (Wildman–Crippen LogP) is 17.8. The van der Waals surface area contributed by atoms with E-state index in [1.165, 1.54) is 263 Å². The molecule has 4 nitrogen and oxygen atoms in total. The molecule has 0 saturated heterocycles. The van der Waals surface area contributed by atoms with Crippen molar-refractivity contribution in [3.8, 4) is 0 Å². The third kappa shape index (κ3) is 48.0. The molecule has 0 aromatic carbocycles. The van der Waals surface area contributed by atoms with Crippen molar-refractivity contribution in [2.45, 2.75) is 328 Å². The summed E-state index contributed by atoms with van der Waals surface area (Å²) in [6.07, 6.45) is 66.3. The summed E-state index contributed by atoms with van der Waals surface area (Å²) >= 11 is 0. The maximum Gasteiger partial charge on any atom is 0.220 e. The summed E-state index contributed by atoms with van der Waals surface area (Å²) in [6, 6.07) is -0.538. The summed E-state index contributed by atoms with van der Waals surface area (Å²) in [7, 11) is 0. The van der Waals surface area contributed by atoms with Gasteiger partial charge in [-0.3, -0.25) is 4.79 Å². The van der Waals surface area contributed by atoms with Crippen LogP contribution in [0.5, 0.6) is 0 Å². The molecule has 0 fully saturated rings. The van der Waals surface area contributed by atoms with E-state index in [2.05, 4.69) is 31.3 Å². The highest BCUT2D eigenvalue weighted by atomic mass is 16.3. The third-order valence-electron chi connectivity index (χ3n) is 13.0. The van der Waals surface area contributed by atoms with Gasteiger partial charge < -0.3 is 15.5 Å². The Labute approximate surface area is 371 Å². The summed E-state index contributed by atoms with van der Waals surface area (Å²) in [6.45, 7) is 4.38. The average Bonchev–Trinajstić information content (AvgIpc) is 3.24. The molecule has 1 amide bonds. The number of rotatable bonds is 51. The van der Waals surface area contributed by atoms with Gasteiger partial charge in [0.05, 0.1) is 18.8 Å². The molecule has 0 aromatic rings. The Morgan fingerprint density at radius 2 is 0.644 bits per heavy atom. The van der Waals surface area contributed by atoms with Gasteiger partial charge >= 0.3 is 0 Å². The smallest absolute Gasteiger partial charge is 0.220 e. The number of hydrogen-bond donors (Lipinski definition) is 3. The number of aliphatic hydroxyl groups excluding tert-OH is 2. The van der Waals surface area contributed by atoms with Crippen LogP contribution in [-0.2, 0) is 4.79 Å². The minimum atomic E-state index is -0.661. The quantitative estimate of drug-likeness (QED) is 0.0422. The lowest BCUT2D eigenvalue weighted by Crippen LogP contribution is -2.45. The number of unbranched alkanes of at least 4 members (excludes halogenated alkanes) is 42. The number of aliphatic hydroxyl groups is 2. The molecule has 0 aliphatic heterocycles. The molecule has 0 aliphatic rings. The van der Waals surface area contributed by atoms with E-state index >= 15 is 0 Å². The summed E-state index contributed by atoms with van der Waals surface area (Å²) in [5.74, 6) is -0.0349. The van der Waals surface area contributed by atoms with Gasteiger partial charge in [0.25, 0.3) is 0 Å². The topological polar surface area (TPSA) is 69.6 Å². The maximum atomic E-state index is 12.4. The summed E-state index contributed by atoms with van der Waals surface area (Å²) in [5, 5.41) is 23.3. The minimum Gasteiger partial charge on any atom is -0.394 e. The van der Waals surface area contributed by atoms with Crippen LogP contribution in [0.4, 0.5) is 0 Å². The molecule has 0 heterocycles. The molecule has 0 saturated carbocycles. The van der Waals surface area contributed by atoms with Crippen LogP contribution in [0.15, 0.2) is 12.2 Å². The van der Waals surface area contributed by atoms with Gasteiger partial charge in [-0.1, -0.05) is 283 Å². The van der Waals surface area contributed by atoms with E-state index in [-0.39, 0.29) is 12.5 Å². The van der Waals surface area contributed by atoms with Gasteiger partial charge in [0.1, 0.15) is 0 Å². The summed E-state index contributed by atoms with van der Waals surface area (Å²) in [4.78, 5) is 12.4. The van der Waals surface area contributed by atoms with Crippen molar-refractivity contribution in [3.05, 3.63) is 12.2 Å². The van der Waals surface area contributed by atoms with Gasteiger partial charge in [0.2, 0.25) is 5.91 Å². The van der Waals surface area contributed by atoms with Crippen LogP contribution in [0.25, 0.3) is 0 Å². The van der Waals surface area contributed by atoms with E-state index in [9.17, 15) is 15.0 Å². The fourth-order valence-electron chi connectivity index (χ4n) is 8.83. The SMILES string of the molecule is CCCCCCCCC/C=C\CCCCCCCC(=O)NC(CO)C(O)CCCCCCCCCCCCCCCCCCCCCCCCCCCCCCCCC. The number of allylic oxidation sites excluding steroid dienone is 2. The highest BCUT2D eigenvalue weighted by Gasteiger charge is 2.20. The van der Waals surface area contributed by atoms with Crippen LogP contribution in [0, 0.1) is 0 Å². The fraction of sp³-hybridized carbons (Fsp3) is 0.945. The number of nitrogens with one attached hydrogen (secondary N) is 1. The normalized spacial score (nSPS) is 12.8. The lowest BCUT2D eigenvalue weighted by molar-refractivity contribution is -0.123. The Morgan fingerprint density at radius 1 is 0.390 bits per heavy atom. The first-order valence-corrected chi connectivity index (χ1v) is 27.4. The van der Waals surface area contributed by atoms with Crippen LogP contribution >= 0.6 is 0 Å². The molecule has 0 radical (unpaired) electrons. The molecule has 3 N–H and O–H groups in total. The van der Waals surface area contributed by atoms with Crippen molar-refractivity contribution >= 4 is 5.91 Å². The van der Waals surface area contributed by atoms with Crippen molar-refractivity contribution < 1.29 is 15.0 Å². The highest BCUT2D eigenvalue weighted by molar-refractivity contribution is 5.76. The number of carbonyl (C=O) groups is 1. The molecule has 0 aliphatic carbocycles. The maximum absolute atomic E-state index is 12.4. The van der Waals surface area contributed by atoms with Crippen molar-refractivity contribution in [2.75, 3.05) is 6.61 Å². The Balaban J connectivity index is 3.39. The largest absolute Gasteiger partial charge is 0.394 e. The van der Waals surface area contributed by atoms with Crippen LogP contribution in [0.1, 0.15) is 316 Å². The molecule has 4 heteroatoms. The van der Waals surface area contributed by atoms with Gasteiger partial charge in [-0.05, 0) is 38.5 Å². The Kier molecular flexibility index (Phi) is 50.7. The second kappa shape index (κ2) is 51.5. The lowest BCUT2D eigenvalue weighted by atomic mass is 10.0. The van der Waals surface area contributed by atoms with Crippen molar-refractivity contribution in [2.24, 2.45) is 0 Å². The third-order valence-corrected chi connectivity index (χ3v) is 13.0. The van der Waals surface area contributed by atoms with Gasteiger partial charge in [0, 0.05) is 6.42 Å². The summed E-state index contributed by atoms with van der Waals surface area (Å²) < 4.78 is 0. The molecule has 2 unspecified atom stereocenters. The van der Waals surface area contributed by atoms with E-state index in [1.807, 2.05) is 0 Å². The van der Waals surface area contributed by atoms with Gasteiger partial charge in [-0.15, -0.1) is 0 Å².